The topological polar surface area (TPSA) is 75.5 Å². The van der Waals surface area contributed by atoms with Crippen LogP contribution in [-0.2, 0) is 13.5 Å². The maximum absolute atomic E-state index is 13.2. The van der Waals surface area contributed by atoms with Crippen LogP contribution in [0.1, 0.15) is 43.2 Å². The highest BCUT2D eigenvalue weighted by molar-refractivity contribution is 9.10. The van der Waals surface area contributed by atoms with Crippen molar-refractivity contribution in [3.8, 4) is 0 Å². The highest BCUT2D eigenvalue weighted by atomic mass is 79.9. The molecule has 0 spiro atoms. The number of hydrogen-bond donors (Lipinski definition) is 0. The highest BCUT2D eigenvalue weighted by Crippen LogP contribution is 2.30. The van der Waals surface area contributed by atoms with Gasteiger partial charge in [0.25, 0.3) is 17.7 Å². The van der Waals surface area contributed by atoms with E-state index in [0.29, 0.717) is 42.7 Å². The molecular weight excluding hydrogens is 448 g/mol. The fraction of sp³-hybridized carbons (Fsp3) is 0.273. The first-order chi connectivity index (χ1) is 14.5. The predicted molar refractivity (Wildman–Crippen MR) is 114 cm³/mol. The molecule has 30 heavy (non-hydrogen) atoms. The van der Waals surface area contributed by atoms with Gasteiger partial charge in [-0.15, -0.1) is 0 Å². The third-order valence-electron chi connectivity index (χ3n) is 5.93. The van der Waals surface area contributed by atoms with Gasteiger partial charge in [0.1, 0.15) is 10.3 Å². The van der Waals surface area contributed by atoms with Crippen molar-refractivity contribution in [2.45, 2.75) is 12.8 Å². The molecule has 0 bridgehead atoms. The van der Waals surface area contributed by atoms with E-state index in [0.717, 1.165) is 27.8 Å². The van der Waals surface area contributed by atoms with E-state index in [9.17, 15) is 14.4 Å². The number of imide groups is 1. The number of carbonyl (C=O) groups excluding carboxylic acids is 3. The van der Waals surface area contributed by atoms with Crippen molar-refractivity contribution in [2.24, 2.45) is 7.05 Å². The Morgan fingerprint density at radius 1 is 0.967 bits per heavy atom. The van der Waals surface area contributed by atoms with Gasteiger partial charge in [-0.2, -0.15) is 0 Å². The Morgan fingerprint density at radius 2 is 1.67 bits per heavy atom. The Kier molecular flexibility index (Phi) is 4.47. The summed E-state index contributed by atoms with van der Waals surface area (Å²) >= 11 is 3.39. The second kappa shape index (κ2) is 7.05. The lowest BCUT2D eigenvalue weighted by Gasteiger charge is -2.28. The molecule has 2 aliphatic heterocycles. The molecule has 0 saturated carbocycles. The van der Waals surface area contributed by atoms with Crippen molar-refractivity contribution in [1.82, 2.24) is 19.4 Å². The summed E-state index contributed by atoms with van der Waals surface area (Å²) in [5.74, 6) is -0.532. The van der Waals surface area contributed by atoms with Gasteiger partial charge in [0, 0.05) is 44.2 Å². The van der Waals surface area contributed by atoms with Crippen molar-refractivity contribution in [3.05, 3.63) is 63.4 Å². The van der Waals surface area contributed by atoms with Gasteiger partial charge in [-0.1, -0.05) is 12.1 Å². The normalized spacial score (nSPS) is 15.9. The smallest absolute Gasteiger partial charge is 0.261 e. The number of halogens is 1. The highest BCUT2D eigenvalue weighted by Gasteiger charge is 2.35. The monoisotopic (exact) mass is 466 g/mol. The number of carbonyl (C=O) groups is 3. The van der Waals surface area contributed by atoms with E-state index in [2.05, 4.69) is 20.9 Å². The first-order valence-electron chi connectivity index (χ1n) is 9.85. The van der Waals surface area contributed by atoms with Crippen molar-refractivity contribution >= 4 is 44.7 Å². The van der Waals surface area contributed by atoms with Crippen molar-refractivity contribution in [2.75, 3.05) is 19.6 Å². The molecule has 3 amide bonds. The molecule has 152 valence electrons. The summed E-state index contributed by atoms with van der Waals surface area (Å²) in [6.07, 6.45) is 1.29. The molecule has 0 radical (unpaired) electrons. The van der Waals surface area contributed by atoms with Crippen LogP contribution in [0.2, 0.25) is 0 Å². The molecule has 0 fully saturated rings. The zero-order chi connectivity index (χ0) is 21.0. The maximum atomic E-state index is 13.2. The first-order valence-corrected chi connectivity index (χ1v) is 10.6. The fourth-order valence-electron chi connectivity index (χ4n) is 4.43. The lowest BCUT2D eigenvalue weighted by Crippen LogP contribution is -2.40. The summed E-state index contributed by atoms with van der Waals surface area (Å²) in [4.78, 5) is 45.8. The number of fused-ring (bicyclic) bond motifs is 4. The van der Waals surface area contributed by atoms with E-state index in [4.69, 9.17) is 0 Å². The standard InChI is InChI=1S/C22H19BrN4O3/c1-25-16-9-12-26(22(30)18(16)15-7-8-17(23)24-19(15)25)10-4-11-27-20(28)13-5-2-3-6-14(13)21(27)29/h2-3,5-8H,4,9-12H2,1H3. The molecule has 1 aromatic carbocycles. The molecule has 0 saturated heterocycles. The second-order valence-corrected chi connectivity index (χ2v) is 8.40. The van der Waals surface area contributed by atoms with E-state index >= 15 is 0 Å². The molecule has 4 heterocycles. The zero-order valence-electron chi connectivity index (χ0n) is 16.4. The Balaban J connectivity index is 1.31. The average Bonchev–Trinajstić information content (AvgIpc) is 3.16. The quantitative estimate of drug-likeness (QED) is 0.437. The largest absolute Gasteiger partial charge is 0.338 e. The van der Waals surface area contributed by atoms with Crippen LogP contribution < -0.4 is 0 Å². The summed E-state index contributed by atoms with van der Waals surface area (Å²) in [5.41, 5.74) is 3.40. The number of rotatable bonds is 4. The maximum Gasteiger partial charge on any atom is 0.261 e. The molecule has 8 heteroatoms. The molecular formula is C22H19BrN4O3. The summed E-state index contributed by atoms with van der Waals surface area (Å²) < 4.78 is 2.72. The number of pyridine rings is 1. The SMILES string of the molecule is Cn1c2c(c3ccc(Br)nc31)C(=O)N(CCCN1C(=O)c3ccccc3C1=O)CC2. The number of nitrogens with zero attached hydrogens (tertiary/aromatic N) is 4. The average molecular weight is 467 g/mol. The van der Waals surface area contributed by atoms with E-state index in [1.807, 2.05) is 28.6 Å². The number of aryl methyl sites for hydroxylation is 1. The first kappa shape index (κ1) is 19.0. The van der Waals surface area contributed by atoms with Gasteiger partial charge in [0.15, 0.2) is 0 Å². The van der Waals surface area contributed by atoms with Crippen LogP contribution >= 0.6 is 15.9 Å². The fourth-order valence-corrected chi connectivity index (χ4v) is 4.73. The van der Waals surface area contributed by atoms with Gasteiger partial charge in [-0.05, 0) is 46.6 Å². The van der Waals surface area contributed by atoms with Gasteiger partial charge < -0.3 is 9.47 Å². The molecule has 0 N–H and O–H groups in total. The van der Waals surface area contributed by atoms with Gasteiger partial charge in [-0.3, -0.25) is 19.3 Å². The Hall–Kier alpha value is -3.00. The van der Waals surface area contributed by atoms with Crippen molar-refractivity contribution in [3.63, 3.8) is 0 Å². The van der Waals surface area contributed by atoms with Gasteiger partial charge >= 0.3 is 0 Å². The Labute approximate surface area is 181 Å². The van der Waals surface area contributed by atoms with Gasteiger partial charge in [0.2, 0.25) is 0 Å². The molecule has 2 aliphatic rings. The summed E-state index contributed by atoms with van der Waals surface area (Å²) in [6.45, 7) is 1.40. The molecule has 5 rings (SSSR count). The van der Waals surface area contributed by atoms with E-state index in [1.54, 1.807) is 24.3 Å². The van der Waals surface area contributed by atoms with Gasteiger partial charge in [0.05, 0.1) is 16.7 Å². The minimum absolute atomic E-state index is 0.0201. The van der Waals surface area contributed by atoms with E-state index in [1.165, 1.54) is 4.90 Å². The third-order valence-corrected chi connectivity index (χ3v) is 6.37. The van der Waals surface area contributed by atoms with E-state index in [-0.39, 0.29) is 17.7 Å². The minimum Gasteiger partial charge on any atom is -0.338 e. The molecule has 0 unspecified atom stereocenters. The van der Waals surface area contributed by atoms with Crippen LogP contribution in [0, 0.1) is 0 Å². The molecule has 0 aliphatic carbocycles. The van der Waals surface area contributed by atoms with E-state index < -0.39 is 0 Å². The second-order valence-electron chi connectivity index (χ2n) is 7.59. The third kappa shape index (κ3) is 2.78. The molecule has 3 aromatic rings. The van der Waals surface area contributed by atoms with Crippen LogP contribution in [0.15, 0.2) is 41.0 Å². The minimum atomic E-state index is -0.256. The Bertz CT molecular complexity index is 1200. The number of hydrogen-bond acceptors (Lipinski definition) is 4. The zero-order valence-corrected chi connectivity index (χ0v) is 18.0. The molecule has 7 nitrogen and oxygen atoms in total. The molecule has 0 atom stereocenters. The number of aromatic nitrogens is 2. The summed E-state index contributed by atoms with van der Waals surface area (Å²) in [7, 11) is 1.94. The lowest BCUT2D eigenvalue weighted by atomic mass is 10.0. The van der Waals surface area contributed by atoms with Crippen LogP contribution in [0.5, 0.6) is 0 Å². The summed E-state index contributed by atoms with van der Waals surface area (Å²) in [6, 6.07) is 10.6. The molecule has 2 aromatic heterocycles. The summed E-state index contributed by atoms with van der Waals surface area (Å²) in [5, 5.41) is 0.853. The van der Waals surface area contributed by atoms with Crippen molar-refractivity contribution < 1.29 is 14.4 Å². The number of amides is 3. The van der Waals surface area contributed by atoms with Crippen molar-refractivity contribution in [1.29, 1.82) is 0 Å². The Morgan fingerprint density at radius 3 is 2.37 bits per heavy atom. The lowest BCUT2D eigenvalue weighted by molar-refractivity contribution is 0.0640. The van der Waals surface area contributed by atoms with Crippen LogP contribution in [0.25, 0.3) is 11.0 Å². The van der Waals surface area contributed by atoms with Crippen LogP contribution in [-0.4, -0.2) is 56.7 Å². The predicted octanol–water partition coefficient (Wildman–Crippen LogP) is 3.02. The number of benzene rings is 1. The van der Waals surface area contributed by atoms with Crippen LogP contribution in [0.3, 0.4) is 0 Å². The van der Waals surface area contributed by atoms with Crippen LogP contribution in [0.4, 0.5) is 0 Å². The van der Waals surface area contributed by atoms with Gasteiger partial charge in [-0.25, -0.2) is 4.98 Å².